The highest BCUT2D eigenvalue weighted by Gasteiger charge is 2.15. The molecule has 0 saturated heterocycles. The summed E-state index contributed by atoms with van der Waals surface area (Å²) in [6, 6.07) is 9.85. The first-order valence-corrected chi connectivity index (χ1v) is 7.90. The molecule has 2 rings (SSSR count). The van der Waals surface area contributed by atoms with Crippen molar-refractivity contribution in [2.75, 3.05) is 7.05 Å². The molecule has 1 nitrogen and oxygen atoms in total. The third-order valence-corrected chi connectivity index (χ3v) is 4.59. The maximum Gasteiger partial charge on any atom is 0.137 e. The van der Waals surface area contributed by atoms with Crippen molar-refractivity contribution in [2.45, 2.75) is 33.2 Å². The number of aryl methyl sites for hydroxylation is 3. The number of nitrogens with one attached hydrogen (secondary N) is 1. The smallest absolute Gasteiger partial charge is 0.137 e. The summed E-state index contributed by atoms with van der Waals surface area (Å²) in [6.07, 6.45) is 0.857. The summed E-state index contributed by atoms with van der Waals surface area (Å²) in [7, 11) is 1.92. The van der Waals surface area contributed by atoms with E-state index in [9.17, 15) is 4.39 Å². The zero-order valence-electron chi connectivity index (χ0n) is 12.9. The van der Waals surface area contributed by atoms with Crippen molar-refractivity contribution in [1.82, 2.24) is 5.32 Å². The van der Waals surface area contributed by atoms with E-state index in [-0.39, 0.29) is 11.9 Å². The normalized spacial score (nSPS) is 12.5. The van der Waals surface area contributed by atoms with Gasteiger partial charge in [0.2, 0.25) is 0 Å². The molecule has 1 atom stereocenters. The molecule has 0 spiro atoms. The molecular formula is C18H21BrFN. The Kier molecular flexibility index (Phi) is 5.17. The van der Waals surface area contributed by atoms with Gasteiger partial charge in [0.15, 0.2) is 0 Å². The van der Waals surface area contributed by atoms with Crippen molar-refractivity contribution in [3.8, 4) is 0 Å². The van der Waals surface area contributed by atoms with Gasteiger partial charge in [0.25, 0.3) is 0 Å². The van der Waals surface area contributed by atoms with Crippen LogP contribution in [0.1, 0.15) is 33.9 Å². The molecule has 0 radical (unpaired) electrons. The topological polar surface area (TPSA) is 12.0 Å². The highest BCUT2D eigenvalue weighted by Crippen LogP contribution is 2.26. The van der Waals surface area contributed by atoms with Crippen LogP contribution in [0.25, 0.3) is 0 Å². The van der Waals surface area contributed by atoms with Gasteiger partial charge in [-0.2, -0.15) is 0 Å². The van der Waals surface area contributed by atoms with Gasteiger partial charge in [-0.1, -0.05) is 23.8 Å². The summed E-state index contributed by atoms with van der Waals surface area (Å²) < 4.78 is 14.3. The van der Waals surface area contributed by atoms with Crippen LogP contribution in [0.5, 0.6) is 0 Å². The van der Waals surface area contributed by atoms with Gasteiger partial charge in [-0.3, -0.25) is 0 Å². The molecule has 2 aromatic carbocycles. The fraction of sp³-hybridized carbons (Fsp3) is 0.333. The lowest BCUT2D eigenvalue weighted by Crippen LogP contribution is -2.20. The van der Waals surface area contributed by atoms with E-state index in [1.807, 2.05) is 13.1 Å². The Bertz CT molecular complexity index is 629. The second-order valence-corrected chi connectivity index (χ2v) is 6.45. The van der Waals surface area contributed by atoms with Gasteiger partial charge in [-0.15, -0.1) is 0 Å². The van der Waals surface area contributed by atoms with Crippen molar-refractivity contribution in [3.63, 3.8) is 0 Å². The summed E-state index contributed by atoms with van der Waals surface area (Å²) in [5.41, 5.74) is 6.18. The number of hydrogen-bond acceptors (Lipinski definition) is 1. The number of benzene rings is 2. The number of hydrogen-bond donors (Lipinski definition) is 1. The molecule has 0 saturated carbocycles. The number of likely N-dealkylation sites (N-methyl/N-ethyl adjacent to an activating group) is 1. The van der Waals surface area contributed by atoms with Crippen molar-refractivity contribution < 1.29 is 4.39 Å². The largest absolute Gasteiger partial charge is 0.313 e. The maximum atomic E-state index is 13.8. The highest BCUT2D eigenvalue weighted by atomic mass is 79.9. The average Bonchev–Trinajstić information content (AvgIpc) is 2.41. The van der Waals surface area contributed by atoms with Crippen molar-refractivity contribution in [2.24, 2.45) is 0 Å². The van der Waals surface area contributed by atoms with Gasteiger partial charge >= 0.3 is 0 Å². The quantitative estimate of drug-likeness (QED) is 0.817. The van der Waals surface area contributed by atoms with E-state index in [0.29, 0.717) is 4.47 Å². The van der Waals surface area contributed by atoms with Crippen LogP contribution in [0.15, 0.2) is 34.8 Å². The van der Waals surface area contributed by atoms with Gasteiger partial charge in [0, 0.05) is 6.04 Å². The Morgan fingerprint density at radius 2 is 1.71 bits per heavy atom. The fourth-order valence-corrected chi connectivity index (χ4v) is 3.10. The third kappa shape index (κ3) is 3.72. The average molecular weight is 350 g/mol. The van der Waals surface area contributed by atoms with Gasteiger partial charge in [-0.25, -0.2) is 4.39 Å². The van der Waals surface area contributed by atoms with Crippen LogP contribution < -0.4 is 5.32 Å². The van der Waals surface area contributed by atoms with Gasteiger partial charge in [0.05, 0.1) is 4.47 Å². The second-order valence-electron chi connectivity index (χ2n) is 5.60. The molecule has 0 aliphatic rings. The zero-order valence-corrected chi connectivity index (χ0v) is 14.5. The van der Waals surface area contributed by atoms with E-state index < -0.39 is 0 Å². The molecule has 2 aromatic rings. The lowest BCUT2D eigenvalue weighted by molar-refractivity contribution is 0.573. The molecule has 0 aliphatic heterocycles. The monoisotopic (exact) mass is 349 g/mol. The molecule has 1 N–H and O–H groups in total. The molecule has 0 heterocycles. The Balaban J connectivity index is 2.33. The van der Waals surface area contributed by atoms with Crippen molar-refractivity contribution >= 4 is 15.9 Å². The maximum absolute atomic E-state index is 13.8. The molecule has 21 heavy (non-hydrogen) atoms. The lowest BCUT2D eigenvalue weighted by atomic mass is 9.91. The standard InChI is InChI=1S/C18H21BrFN/c1-11-7-12(2)15(13(3)8-11)10-18(21-4)14-5-6-16(19)17(20)9-14/h5-9,18,21H,10H2,1-4H3. The molecule has 0 bridgehead atoms. The fourth-order valence-electron chi connectivity index (χ4n) is 2.85. The van der Waals surface area contributed by atoms with Crippen molar-refractivity contribution in [1.29, 1.82) is 0 Å². The minimum atomic E-state index is -0.217. The molecular weight excluding hydrogens is 329 g/mol. The Labute approximate surface area is 134 Å². The van der Waals surface area contributed by atoms with E-state index in [0.717, 1.165) is 12.0 Å². The highest BCUT2D eigenvalue weighted by molar-refractivity contribution is 9.10. The molecule has 0 fully saturated rings. The third-order valence-electron chi connectivity index (χ3n) is 3.94. The van der Waals surface area contributed by atoms with Crippen LogP contribution in [0, 0.1) is 26.6 Å². The summed E-state index contributed by atoms with van der Waals surface area (Å²) in [4.78, 5) is 0. The minimum absolute atomic E-state index is 0.104. The second kappa shape index (κ2) is 6.71. The minimum Gasteiger partial charge on any atom is -0.313 e. The van der Waals surface area contributed by atoms with E-state index in [1.165, 1.54) is 22.3 Å². The zero-order chi connectivity index (χ0) is 15.6. The van der Waals surface area contributed by atoms with Gasteiger partial charge < -0.3 is 5.32 Å². The summed E-state index contributed by atoms with van der Waals surface area (Å²) >= 11 is 3.20. The molecule has 112 valence electrons. The van der Waals surface area contributed by atoms with E-state index in [4.69, 9.17) is 0 Å². The summed E-state index contributed by atoms with van der Waals surface area (Å²) in [5.74, 6) is -0.217. The summed E-state index contributed by atoms with van der Waals surface area (Å²) in [6.45, 7) is 6.40. The Morgan fingerprint density at radius 1 is 1.10 bits per heavy atom. The van der Waals surface area contributed by atoms with Crippen LogP contribution in [0.3, 0.4) is 0 Å². The Hall–Kier alpha value is -1.19. The predicted octanol–water partition coefficient (Wildman–Crippen LogP) is 5.02. The first-order chi connectivity index (χ1) is 9.92. The molecule has 0 aliphatic carbocycles. The molecule has 0 amide bonds. The van der Waals surface area contributed by atoms with Gasteiger partial charge in [0.1, 0.15) is 5.82 Å². The molecule has 1 unspecified atom stereocenters. The number of halogens is 2. The van der Waals surface area contributed by atoms with Crippen molar-refractivity contribution in [3.05, 3.63) is 68.4 Å². The summed E-state index contributed by atoms with van der Waals surface area (Å²) in [5, 5.41) is 3.30. The first kappa shape index (κ1) is 16.2. The first-order valence-electron chi connectivity index (χ1n) is 7.11. The Morgan fingerprint density at radius 3 is 2.24 bits per heavy atom. The predicted molar refractivity (Wildman–Crippen MR) is 90.3 cm³/mol. The van der Waals surface area contributed by atoms with Gasteiger partial charge in [-0.05, 0) is 84.6 Å². The van der Waals surface area contributed by atoms with Crippen LogP contribution in [-0.4, -0.2) is 7.05 Å². The van der Waals surface area contributed by atoms with Crippen LogP contribution in [-0.2, 0) is 6.42 Å². The van der Waals surface area contributed by atoms with Crippen LogP contribution >= 0.6 is 15.9 Å². The number of rotatable bonds is 4. The SMILES string of the molecule is CNC(Cc1c(C)cc(C)cc1C)c1ccc(Br)c(F)c1. The molecule has 0 aromatic heterocycles. The van der Waals surface area contributed by atoms with Crippen LogP contribution in [0.2, 0.25) is 0 Å². The lowest BCUT2D eigenvalue weighted by Gasteiger charge is -2.20. The van der Waals surface area contributed by atoms with Crippen LogP contribution in [0.4, 0.5) is 4.39 Å². The van der Waals surface area contributed by atoms with E-state index >= 15 is 0 Å². The molecule has 3 heteroatoms. The van der Waals surface area contributed by atoms with E-state index in [1.54, 1.807) is 12.1 Å². The van der Waals surface area contributed by atoms with E-state index in [2.05, 4.69) is 54.2 Å².